The number of hydrogen-bond acceptors (Lipinski definition) is 2. The number of rotatable bonds is 8. The fourth-order valence-corrected chi connectivity index (χ4v) is 6.60. The van der Waals surface area contributed by atoms with E-state index >= 15 is 0 Å². The molecule has 0 spiro atoms. The molecule has 3 heteroatoms. The van der Waals surface area contributed by atoms with Gasteiger partial charge >= 0.3 is 0 Å². The van der Waals surface area contributed by atoms with Crippen molar-refractivity contribution < 1.29 is 0 Å². The number of aromatic amines is 1. The lowest BCUT2D eigenvalue weighted by molar-refractivity contribution is 0.240. The Morgan fingerprint density at radius 1 is 1.11 bits per heavy atom. The van der Waals surface area contributed by atoms with E-state index in [4.69, 9.17) is 4.99 Å². The Balaban J connectivity index is 1.41. The second kappa shape index (κ2) is 13.2. The lowest BCUT2D eigenvalue weighted by atomic mass is 9.73. The molecular formula is C33H47N3. The van der Waals surface area contributed by atoms with Crippen LogP contribution in [-0.4, -0.2) is 15.9 Å². The van der Waals surface area contributed by atoms with E-state index in [0.29, 0.717) is 17.8 Å². The summed E-state index contributed by atoms with van der Waals surface area (Å²) in [4.78, 5) is 4.82. The molecule has 2 aliphatic carbocycles. The second-order valence-electron chi connectivity index (χ2n) is 11.4. The molecule has 0 amide bonds. The molecule has 36 heavy (non-hydrogen) atoms. The fourth-order valence-electron chi connectivity index (χ4n) is 6.60. The van der Waals surface area contributed by atoms with E-state index in [2.05, 4.69) is 73.7 Å². The third kappa shape index (κ3) is 6.87. The standard InChI is InChI=1S/C33H47N3/c1-5-11-26-13-7-8-14-28(21-19-26)27(6-2)22-30-16-10-15-29(20-18-24(30)3)31-23-34-36-33(31)32-17-9-12-25(4)35-32/h5,7,10,13,16-17,23,26-30H,1,3,6,8-9,11-12,14-15,18-22H2,2,4H3,(H,34,36)/b13-7+,16-10+. The molecule has 5 atom stereocenters. The van der Waals surface area contributed by atoms with Crippen molar-refractivity contribution >= 4 is 11.4 Å². The first kappa shape index (κ1) is 26.6. The van der Waals surface area contributed by atoms with Crippen molar-refractivity contribution in [2.45, 2.75) is 96.8 Å². The normalized spacial score (nSPS) is 30.1. The van der Waals surface area contributed by atoms with Crippen molar-refractivity contribution in [2.75, 3.05) is 0 Å². The second-order valence-corrected chi connectivity index (χ2v) is 11.4. The van der Waals surface area contributed by atoms with Crippen LogP contribution in [0.1, 0.15) is 108 Å². The lowest BCUT2D eigenvalue weighted by Gasteiger charge is -2.32. The summed E-state index contributed by atoms with van der Waals surface area (Å²) in [6, 6.07) is 0. The minimum absolute atomic E-state index is 0.465. The van der Waals surface area contributed by atoms with Gasteiger partial charge in [0.15, 0.2) is 0 Å². The molecule has 0 saturated carbocycles. The highest BCUT2D eigenvalue weighted by Crippen LogP contribution is 2.40. The van der Waals surface area contributed by atoms with Gasteiger partial charge in [0.2, 0.25) is 0 Å². The maximum absolute atomic E-state index is 4.82. The molecule has 0 saturated heterocycles. The summed E-state index contributed by atoms with van der Waals surface area (Å²) in [6.07, 6.45) is 30.5. The molecule has 194 valence electrons. The highest BCUT2D eigenvalue weighted by atomic mass is 15.1. The van der Waals surface area contributed by atoms with E-state index in [1.165, 1.54) is 55.4 Å². The third-order valence-electron chi connectivity index (χ3n) is 8.88. The maximum atomic E-state index is 4.82. The Morgan fingerprint density at radius 2 is 2.00 bits per heavy atom. The van der Waals surface area contributed by atoms with Crippen LogP contribution in [0.25, 0.3) is 5.70 Å². The van der Waals surface area contributed by atoms with Gasteiger partial charge < -0.3 is 0 Å². The van der Waals surface area contributed by atoms with Crippen molar-refractivity contribution in [1.29, 1.82) is 0 Å². The molecule has 0 radical (unpaired) electrons. The Hall–Kier alpha value is -2.42. The first-order chi connectivity index (χ1) is 17.6. The predicted molar refractivity (Wildman–Crippen MR) is 155 cm³/mol. The minimum atomic E-state index is 0.465. The van der Waals surface area contributed by atoms with Crippen molar-refractivity contribution in [3.8, 4) is 0 Å². The zero-order chi connectivity index (χ0) is 25.3. The first-order valence-corrected chi connectivity index (χ1v) is 14.5. The first-order valence-electron chi connectivity index (χ1n) is 14.5. The molecule has 0 bridgehead atoms. The van der Waals surface area contributed by atoms with Crippen LogP contribution in [0, 0.1) is 23.7 Å². The molecule has 1 aromatic rings. The van der Waals surface area contributed by atoms with Crippen LogP contribution in [0.5, 0.6) is 0 Å². The molecule has 1 aliphatic heterocycles. The van der Waals surface area contributed by atoms with Gasteiger partial charge in [-0.1, -0.05) is 62.0 Å². The molecule has 1 N–H and O–H groups in total. The summed E-state index contributed by atoms with van der Waals surface area (Å²) in [7, 11) is 0. The van der Waals surface area contributed by atoms with Gasteiger partial charge in [-0.05, 0) is 107 Å². The number of H-pyrrole nitrogens is 1. The molecule has 2 heterocycles. The van der Waals surface area contributed by atoms with E-state index in [1.807, 2.05) is 6.20 Å². The smallest absolute Gasteiger partial charge is 0.0865 e. The minimum Gasteiger partial charge on any atom is -0.276 e. The van der Waals surface area contributed by atoms with Gasteiger partial charge in [-0.15, -0.1) is 6.58 Å². The number of aliphatic imine (C=N–C) groups is 1. The van der Waals surface area contributed by atoms with E-state index < -0.39 is 0 Å². The molecule has 5 unspecified atom stereocenters. The molecule has 0 fully saturated rings. The summed E-state index contributed by atoms with van der Waals surface area (Å²) < 4.78 is 0. The third-order valence-corrected chi connectivity index (χ3v) is 8.88. The number of nitrogens with one attached hydrogen (secondary N) is 1. The molecular weight excluding hydrogens is 438 g/mol. The fraction of sp³-hybridized carbons (Fsp3) is 0.576. The van der Waals surface area contributed by atoms with E-state index in [9.17, 15) is 0 Å². The number of aromatic nitrogens is 2. The Morgan fingerprint density at radius 3 is 2.81 bits per heavy atom. The van der Waals surface area contributed by atoms with Crippen molar-refractivity contribution in [2.24, 2.45) is 28.7 Å². The van der Waals surface area contributed by atoms with Gasteiger partial charge in [0.25, 0.3) is 0 Å². The van der Waals surface area contributed by atoms with Gasteiger partial charge in [-0.3, -0.25) is 10.1 Å². The monoisotopic (exact) mass is 485 g/mol. The van der Waals surface area contributed by atoms with Crippen LogP contribution in [0.3, 0.4) is 0 Å². The summed E-state index contributed by atoms with van der Waals surface area (Å²) in [5, 5.41) is 7.68. The number of nitrogens with zero attached hydrogens (tertiary/aromatic N) is 2. The maximum Gasteiger partial charge on any atom is 0.0865 e. The average molecular weight is 486 g/mol. The van der Waals surface area contributed by atoms with E-state index in [0.717, 1.165) is 61.8 Å². The van der Waals surface area contributed by atoms with Crippen LogP contribution >= 0.6 is 0 Å². The van der Waals surface area contributed by atoms with E-state index in [-0.39, 0.29) is 0 Å². The van der Waals surface area contributed by atoms with Crippen molar-refractivity contribution in [3.63, 3.8) is 0 Å². The van der Waals surface area contributed by atoms with Crippen LogP contribution in [0.2, 0.25) is 0 Å². The van der Waals surface area contributed by atoms with Gasteiger partial charge in [-0.2, -0.15) is 5.10 Å². The molecule has 1 aromatic heterocycles. The molecule has 3 aliphatic rings. The van der Waals surface area contributed by atoms with Gasteiger partial charge in [-0.25, -0.2) is 0 Å². The van der Waals surface area contributed by atoms with Gasteiger partial charge in [0.05, 0.1) is 17.6 Å². The highest BCUT2D eigenvalue weighted by molar-refractivity contribution is 5.89. The van der Waals surface area contributed by atoms with Crippen LogP contribution < -0.4 is 0 Å². The summed E-state index contributed by atoms with van der Waals surface area (Å²) in [5.41, 5.74) is 6.14. The van der Waals surface area contributed by atoms with Gasteiger partial charge in [0, 0.05) is 11.3 Å². The predicted octanol–water partition coefficient (Wildman–Crippen LogP) is 9.36. The van der Waals surface area contributed by atoms with Crippen molar-refractivity contribution in [3.05, 3.63) is 72.6 Å². The zero-order valence-corrected chi connectivity index (χ0v) is 22.7. The molecule has 0 aromatic carbocycles. The summed E-state index contributed by atoms with van der Waals surface area (Å²) in [6.45, 7) is 13.1. The SMILES string of the molecule is C=CCC1/C=C/CCC(C(CC)CC2/C=C/CC(c3cn[nH]c3C3=CCCC(C)=N3)CCC2=C)CC1. The largest absolute Gasteiger partial charge is 0.276 e. The number of hydrogen-bond donors (Lipinski definition) is 1. The topological polar surface area (TPSA) is 41.0 Å². The number of allylic oxidation sites excluding steroid dienone is 7. The van der Waals surface area contributed by atoms with Crippen LogP contribution in [-0.2, 0) is 0 Å². The van der Waals surface area contributed by atoms with Crippen LogP contribution in [0.15, 0.2) is 66.4 Å². The zero-order valence-electron chi connectivity index (χ0n) is 22.7. The summed E-state index contributed by atoms with van der Waals surface area (Å²) in [5.74, 6) is 3.27. The van der Waals surface area contributed by atoms with Crippen molar-refractivity contribution in [1.82, 2.24) is 10.2 Å². The Kier molecular flexibility index (Phi) is 9.78. The molecule has 4 rings (SSSR count). The highest BCUT2D eigenvalue weighted by Gasteiger charge is 2.27. The van der Waals surface area contributed by atoms with Gasteiger partial charge in [0.1, 0.15) is 0 Å². The van der Waals surface area contributed by atoms with E-state index in [1.54, 1.807) is 0 Å². The summed E-state index contributed by atoms with van der Waals surface area (Å²) >= 11 is 0. The Bertz CT molecular complexity index is 1000. The quantitative estimate of drug-likeness (QED) is 0.366. The van der Waals surface area contributed by atoms with Crippen LogP contribution in [0.4, 0.5) is 0 Å². The lowest BCUT2D eigenvalue weighted by Crippen LogP contribution is -2.20. The molecule has 3 nitrogen and oxygen atoms in total. The Labute approximate surface area is 219 Å². The average Bonchev–Trinajstić information content (AvgIpc) is 3.34.